The zero-order chi connectivity index (χ0) is 21.8. The first-order valence-corrected chi connectivity index (χ1v) is 11.0. The summed E-state index contributed by atoms with van der Waals surface area (Å²) in [6.07, 6.45) is 5.60. The fourth-order valence-electron chi connectivity index (χ4n) is 5.02. The van der Waals surface area contributed by atoms with Crippen molar-refractivity contribution in [1.82, 2.24) is 0 Å². The maximum absolute atomic E-state index is 12.8. The standard InChI is InChI=1S/C26H22N2O4/c1-15-5-2-6-17(11-15)24-27-21(26(30)32-24)14-19-13-18-12-16-7-3-9-28-10-4-8-20(22(16)28)23(18)31-25(19)29/h2,5-6,11-14H,3-4,7-10H2,1H3. The Morgan fingerprint density at radius 3 is 2.75 bits per heavy atom. The fraction of sp³-hybridized carbons (Fsp3) is 0.269. The van der Waals surface area contributed by atoms with Gasteiger partial charge in [0.1, 0.15) is 5.58 Å². The second-order valence-corrected chi connectivity index (χ2v) is 8.67. The van der Waals surface area contributed by atoms with Gasteiger partial charge in [-0.25, -0.2) is 14.6 Å². The van der Waals surface area contributed by atoms with E-state index in [2.05, 4.69) is 16.0 Å². The minimum atomic E-state index is -0.572. The molecule has 2 aromatic carbocycles. The van der Waals surface area contributed by atoms with Crippen LogP contribution >= 0.6 is 0 Å². The van der Waals surface area contributed by atoms with E-state index >= 15 is 0 Å². The molecule has 0 saturated carbocycles. The Balaban J connectivity index is 1.45. The molecule has 0 bridgehead atoms. The number of nitrogens with zero attached hydrogens (tertiary/aromatic N) is 2. The van der Waals surface area contributed by atoms with Crippen molar-refractivity contribution in [2.45, 2.75) is 32.6 Å². The number of carbonyl (C=O) groups excluding carboxylic acids is 1. The lowest BCUT2D eigenvalue weighted by Gasteiger charge is -2.37. The molecule has 4 heterocycles. The Morgan fingerprint density at radius 1 is 1.06 bits per heavy atom. The number of carbonyl (C=O) groups is 1. The number of ether oxygens (including phenoxy) is 1. The Hall–Kier alpha value is -3.67. The molecule has 0 radical (unpaired) electrons. The second kappa shape index (κ2) is 7.19. The van der Waals surface area contributed by atoms with Gasteiger partial charge in [0, 0.05) is 35.3 Å². The zero-order valence-electron chi connectivity index (χ0n) is 17.8. The van der Waals surface area contributed by atoms with E-state index in [0.29, 0.717) is 11.1 Å². The Bertz CT molecular complexity index is 1410. The maximum Gasteiger partial charge on any atom is 0.363 e. The van der Waals surface area contributed by atoms with Gasteiger partial charge in [-0.3, -0.25) is 0 Å². The van der Waals surface area contributed by atoms with Gasteiger partial charge >= 0.3 is 11.6 Å². The van der Waals surface area contributed by atoms with Crippen LogP contribution in [0.1, 0.15) is 40.7 Å². The molecule has 6 nitrogen and oxygen atoms in total. The van der Waals surface area contributed by atoms with Crippen molar-refractivity contribution in [3.63, 3.8) is 0 Å². The molecular formula is C26H22N2O4. The van der Waals surface area contributed by atoms with E-state index in [1.54, 1.807) is 0 Å². The van der Waals surface area contributed by atoms with Crippen LogP contribution in [-0.4, -0.2) is 25.0 Å². The van der Waals surface area contributed by atoms with Crippen molar-refractivity contribution in [3.05, 3.63) is 80.3 Å². The molecule has 3 aromatic rings. The molecule has 6 rings (SSSR count). The monoisotopic (exact) mass is 426 g/mol. The summed E-state index contributed by atoms with van der Waals surface area (Å²) in [5.74, 6) is -0.328. The summed E-state index contributed by atoms with van der Waals surface area (Å²) in [4.78, 5) is 32.0. The van der Waals surface area contributed by atoms with Crippen LogP contribution in [0.15, 0.2) is 56.3 Å². The predicted octanol–water partition coefficient (Wildman–Crippen LogP) is 4.14. The third-order valence-electron chi connectivity index (χ3n) is 6.42. The number of fused-ring (bicyclic) bond motifs is 2. The largest absolute Gasteiger partial charge is 0.422 e. The number of benzene rings is 2. The summed E-state index contributed by atoms with van der Waals surface area (Å²) in [6, 6.07) is 11.5. The van der Waals surface area contributed by atoms with Crippen LogP contribution < -0.4 is 10.5 Å². The number of aryl methyl sites for hydroxylation is 3. The molecule has 3 aliphatic rings. The van der Waals surface area contributed by atoms with E-state index in [-0.39, 0.29) is 11.6 Å². The van der Waals surface area contributed by atoms with Crippen LogP contribution in [-0.2, 0) is 22.4 Å². The lowest BCUT2D eigenvalue weighted by atomic mass is 9.90. The van der Waals surface area contributed by atoms with Gasteiger partial charge in [0.15, 0.2) is 5.70 Å². The van der Waals surface area contributed by atoms with Crippen molar-refractivity contribution >= 4 is 34.6 Å². The Labute approximate surface area is 184 Å². The van der Waals surface area contributed by atoms with Crippen molar-refractivity contribution in [1.29, 1.82) is 0 Å². The van der Waals surface area contributed by atoms with Gasteiger partial charge in [0.25, 0.3) is 0 Å². The number of aliphatic imine (C=N–C) groups is 1. The predicted molar refractivity (Wildman–Crippen MR) is 123 cm³/mol. The van der Waals surface area contributed by atoms with Gasteiger partial charge in [-0.05, 0) is 68.5 Å². The maximum atomic E-state index is 12.8. The normalized spacial score (nSPS) is 18.7. The summed E-state index contributed by atoms with van der Waals surface area (Å²) < 4.78 is 11.2. The van der Waals surface area contributed by atoms with Gasteiger partial charge in [-0.2, -0.15) is 0 Å². The first-order valence-electron chi connectivity index (χ1n) is 11.0. The molecule has 0 fully saturated rings. The van der Waals surface area contributed by atoms with Crippen LogP contribution in [0.25, 0.3) is 17.0 Å². The molecule has 0 atom stereocenters. The molecule has 0 N–H and O–H groups in total. The first kappa shape index (κ1) is 19.0. The fourth-order valence-corrected chi connectivity index (χ4v) is 5.02. The van der Waals surface area contributed by atoms with Gasteiger partial charge in [0.2, 0.25) is 5.90 Å². The minimum Gasteiger partial charge on any atom is -0.422 e. The third kappa shape index (κ3) is 3.06. The molecule has 160 valence electrons. The van der Waals surface area contributed by atoms with Crippen LogP contribution in [0, 0.1) is 6.92 Å². The van der Waals surface area contributed by atoms with Gasteiger partial charge in [0.05, 0.1) is 5.56 Å². The molecule has 6 heteroatoms. The molecule has 0 spiro atoms. The second-order valence-electron chi connectivity index (χ2n) is 8.67. The van der Waals surface area contributed by atoms with Crippen molar-refractivity contribution in [2.75, 3.05) is 18.0 Å². The minimum absolute atomic E-state index is 0.0960. The highest BCUT2D eigenvalue weighted by Gasteiger charge is 2.28. The van der Waals surface area contributed by atoms with Gasteiger partial charge in [-0.15, -0.1) is 0 Å². The summed E-state index contributed by atoms with van der Waals surface area (Å²) in [5, 5.41) is 0.892. The summed E-state index contributed by atoms with van der Waals surface area (Å²) >= 11 is 0. The van der Waals surface area contributed by atoms with E-state index < -0.39 is 11.6 Å². The molecular weight excluding hydrogens is 404 g/mol. The molecule has 3 aliphatic heterocycles. The van der Waals surface area contributed by atoms with Crippen LogP contribution in [0.2, 0.25) is 0 Å². The van der Waals surface area contributed by atoms with Crippen molar-refractivity contribution in [2.24, 2.45) is 4.99 Å². The number of esters is 1. The quantitative estimate of drug-likeness (QED) is 0.350. The summed E-state index contributed by atoms with van der Waals surface area (Å²) in [6.45, 7) is 4.08. The number of hydrogen-bond donors (Lipinski definition) is 0. The Kier molecular flexibility index (Phi) is 4.28. The molecule has 0 unspecified atom stereocenters. The molecule has 1 aromatic heterocycles. The number of anilines is 1. The van der Waals surface area contributed by atoms with Crippen LogP contribution in [0.5, 0.6) is 0 Å². The van der Waals surface area contributed by atoms with Crippen molar-refractivity contribution < 1.29 is 13.9 Å². The average molecular weight is 426 g/mol. The molecule has 0 saturated heterocycles. The first-order chi connectivity index (χ1) is 15.6. The van der Waals surface area contributed by atoms with Crippen LogP contribution in [0.4, 0.5) is 5.69 Å². The highest BCUT2D eigenvalue weighted by molar-refractivity contribution is 6.13. The number of cyclic esters (lactones) is 1. The molecule has 32 heavy (non-hydrogen) atoms. The van der Waals surface area contributed by atoms with Gasteiger partial charge < -0.3 is 14.1 Å². The van der Waals surface area contributed by atoms with Gasteiger partial charge in [-0.1, -0.05) is 17.7 Å². The zero-order valence-corrected chi connectivity index (χ0v) is 17.8. The lowest BCUT2D eigenvalue weighted by Crippen LogP contribution is -2.34. The number of hydrogen-bond acceptors (Lipinski definition) is 6. The SMILES string of the molecule is Cc1cccc(C2=NC(=Cc3cc4cc5c6c(c4oc3=O)CCCN6CCC5)C(=O)O2)c1. The van der Waals surface area contributed by atoms with Crippen molar-refractivity contribution in [3.8, 4) is 0 Å². The van der Waals surface area contributed by atoms with E-state index in [0.717, 1.165) is 60.8 Å². The molecule has 0 aliphatic carbocycles. The topological polar surface area (TPSA) is 72.1 Å². The highest BCUT2D eigenvalue weighted by atomic mass is 16.6. The van der Waals surface area contributed by atoms with E-state index in [9.17, 15) is 9.59 Å². The summed E-state index contributed by atoms with van der Waals surface area (Å²) in [7, 11) is 0. The Morgan fingerprint density at radius 2 is 1.91 bits per heavy atom. The van der Waals surface area contributed by atoms with Crippen LogP contribution in [0.3, 0.4) is 0 Å². The van der Waals surface area contributed by atoms with E-state index in [4.69, 9.17) is 9.15 Å². The lowest BCUT2D eigenvalue weighted by molar-refractivity contribution is -0.129. The molecule has 0 amide bonds. The smallest absolute Gasteiger partial charge is 0.363 e. The van der Waals surface area contributed by atoms with E-state index in [1.807, 2.05) is 37.3 Å². The third-order valence-corrected chi connectivity index (χ3v) is 6.42. The number of rotatable bonds is 2. The average Bonchev–Trinajstić information content (AvgIpc) is 3.15. The summed E-state index contributed by atoms with van der Waals surface area (Å²) in [5.41, 5.74) is 6.07. The van der Waals surface area contributed by atoms with E-state index in [1.165, 1.54) is 17.3 Å². The highest BCUT2D eigenvalue weighted by Crippen LogP contribution is 2.39.